The zero-order valence-corrected chi connectivity index (χ0v) is 18.6. The number of nitriles is 1. The van der Waals surface area contributed by atoms with E-state index in [4.69, 9.17) is 23.2 Å². The molecule has 1 aliphatic carbocycles. The van der Waals surface area contributed by atoms with Gasteiger partial charge >= 0.3 is 0 Å². The average molecular weight is 477 g/mol. The molecule has 168 valence electrons. The number of nitrogens with one attached hydrogen (secondary N) is 4. The number of aromatic amines is 1. The fraction of sp³-hybridized carbons (Fsp3) is 0.476. The predicted molar refractivity (Wildman–Crippen MR) is 118 cm³/mol. The van der Waals surface area contributed by atoms with E-state index >= 15 is 0 Å². The summed E-state index contributed by atoms with van der Waals surface area (Å²) in [6.45, 7) is 0.572. The molecule has 9 nitrogen and oxygen atoms in total. The number of benzene rings is 1. The van der Waals surface area contributed by atoms with Crippen LogP contribution in [0.2, 0.25) is 10.0 Å². The Morgan fingerprint density at radius 2 is 2.00 bits per heavy atom. The van der Waals surface area contributed by atoms with Crippen molar-refractivity contribution in [1.82, 2.24) is 25.9 Å². The topological polar surface area (TPSA) is 140 Å². The van der Waals surface area contributed by atoms with Crippen LogP contribution >= 0.6 is 23.2 Å². The maximum Gasteiger partial charge on any atom is 0.287 e. The second-order valence-electron chi connectivity index (χ2n) is 8.28. The minimum absolute atomic E-state index is 0.0113. The molecular weight excluding hydrogens is 455 g/mol. The lowest BCUT2D eigenvalue weighted by Crippen LogP contribution is -2.50. The Hall–Kier alpha value is -2.83. The molecule has 1 saturated carbocycles. The van der Waals surface area contributed by atoms with Crippen molar-refractivity contribution >= 4 is 52.0 Å². The molecule has 1 aromatic carbocycles. The maximum atomic E-state index is 12.9. The van der Waals surface area contributed by atoms with Gasteiger partial charge in [0.15, 0.2) is 5.82 Å². The molecule has 0 spiro atoms. The fourth-order valence-corrected chi connectivity index (χ4v) is 4.40. The number of hydrogen-bond acceptors (Lipinski definition) is 5. The number of imidazole rings is 1. The Kier molecular flexibility index (Phi) is 6.53. The first kappa shape index (κ1) is 22.4. The summed E-state index contributed by atoms with van der Waals surface area (Å²) in [7, 11) is 0. The van der Waals surface area contributed by atoms with Gasteiger partial charge in [0, 0.05) is 17.5 Å². The zero-order valence-electron chi connectivity index (χ0n) is 17.1. The molecule has 1 saturated heterocycles. The molecule has 0 radical (unpaired) electrons. The van der Waals surface area contributed by atoms with Gasteiger partial charge in [-0.25, -0.2) is 4.98 Å². The minimum atomic E-state index is -0.824. The summed E-state index contributed by atoms with van der Waals surface area (Å²) >= 11 is 12.1. The van der Waals surface area contributed by atoms with Gasteiger partial charge in [0.25, 0.3) is 5.91 Å². The highest BCUT2D eigenvalue weighted by atomic mass is 35.5. The van der Waals surface area contributed by atoms with Gasteiger partial charge in [-0.1, -0.05) is 36.0 Å². The summed E-state index contributed by atoms with van der Waals surface area (Å²) in [6.07, 6.45) is 3.31. The van der Waals surface area contributed by atoms with E-state index in [1.165, 1.54) is 6.07 Å². The molecule has 4 N–H and O–H groups in total. The van der Waals surface area contributed by atoms with E-state index in [0.29, 0.717) is 46.4 Å². The molecule has 1 aliphatic heterocycles. The van der Waals surface area contributed by atoms with E-state index in [1.807, 2.05) is 6.07 Å². The van der Waals surface area contributed by atoms with Crippen LogP contribution in [0, 0.1) is 23.2 Å². The summed E-state index contributed by atoms with van der Waals surface area (Å²) in [5, 5.41) is 18.3. The van der Waals surface area contributed by atoms with E-state index < -0.39 is 23.9 Å². The predicted octanol–water partition coefficient (Wildman–Crippen LogP) is 2.30. The normalized spacial score (nSPS) is 19.8. The highest BCUT2D eigenvalue weighted by Crippen LogP contribution is 2.34. The molecule has 3 atom stereocenters. The highest BCUT2D eigenvalue weighted by molar-refractivity contribution is 6.38. The number of amides is 3. The number of nitrogens with zero attached hydrogens (tertiary/aromatic N) is 2. The first-order valence-electron chi connectivity index (χ1n) is 10.5. The van der Waals surface area contributed by atoms with Crippen LogP contribution in [-0.2, 0) is 9.59 Å². The quantitative estimate of drug-likeness (QED) is 0.462. The van der Waals surface area contributed by atoms with Crippen molar-refractivity contribution in [2.75, 3.05) is 6.54 Å². The highest BCUT2D eigenvalue weighted by Gasteiger charge is 2.33. The molecular formula is C21H22Cl2N6O3. The molecule has 0 unspecified atom stereocenters. The van der Waals surface area contributed by atoms with Gasteiger partial charge in [0.2, 0.25) is 11.8 Å². The van der Waals surface area contributed by atoms with Gasteiger partial charge in [-0.15, -0.1) is 0 Å². The maximum absolute atomic E-state index is 12.9. The van der Waals surface area contributed by atoms with Crippen molar-refractivity contribution in [3.63, 3.8) is 0 Å². The standard InChI is InChI=1S/C21H22Cl2N6O3/c22-12-7-14(23)17-15(8-12)27-18(29-17)21(32)28-16(5-10-1-2-10)20(31)26-13(9-24)6-11-3-4-25-19(11)30/h7-8,10-11,13,16H,1-6H2,(H,25,30)(H,26,31)(H,27,29)(H,28,32)/t11-,13-,16-/m0/s1. The number of H-pyrrole nitrogens is 1. The number of hydrogen-bond donors (Lipinski definition) is 4. The van der Waals surface area contributed by atoms with Crippen molar-refractivity contribution < 1.29 is 14.4 Å². The number of rotatable bonds is 8. The Morgan fingerprint density at radius 3 is 2.66 bits per heavy atom. The molecule has 2 aromatic rings. The summed E-state index contributed by atoms with van der Waals surface area (Å²) in [6, 6.07) is 3.55. The van der Waals surface area contributed by atoms with Crippen molar-refractivity contribution in [1.29, 1.82) is 5.26 Å². The second-order valence-corrected chi connectivity index (χ2v) is 9.12. The van der Waals surface area contributed by atoms with Crippen LogP contribution in [0.1, 0.15) is 42.7 Å². The lowest BCUT2D eigenvalue weighted by molar-refractivity contribution is -0.125. The van der Waals surface area contributed by atoms with E-state index in [1.54, 1.807) is 6.07 Å². The van der Waals surface area contributed by atoms with Crippen LogP contribution in [-0.4, -0.2) is 46.3 Å². The van der Waals surface area contributed by atoms with E-state index in [2.05, 4.69) is 25.9 Å². The molecule has 1 aromatic heterocycles. The summed E-state index contributed by atoms with van der Waals surface area (Å²) < 4.78 is 0. The van der Waals surface area contributed by atoms with E-state index in [0.717, 1.165) is 12.8 Å². The Morgan fingerprint density at radius 1 is 1.22 bits per heavy atom. The number of carbonyl (C=O) groups is 3. The van der Waals surface area contributed by atoms with Crippen LogP contribution in [0.3, 0.4) is 0 Å². The lowest BCUT2D eigenvalue weighted by atomic mass is 9.98. The monoisotopic (exact) mass is 476 g/mol. The summed E-state index contributed by atoms with van der Waals surface area (Å²) in [5.41, 5.74) is 0.916. The van der Waals surface area contributed by atoms with Gasteiger partial charge in [-0.2, -0.15) is 5.26 Å². The molecule has 4 rings (SSSR count). The van der Waals surface area contributed by atoms with Crippen LogP contribution < -0.4 is 16.0 Å². The molecule has 2 fully saturated rings. The Balaban J connectivity index is 1.45. The van der Waals surface area contributed by atoms with Crippen molar-refractivity contribution in [2.24, 2.45) is 11.8 Å². The third-order valence-electron chi connectivity index (χ3n) is 5.76. The number of aromatic nitrogens is 2. The third kappa shape index (κ3) is 5.14. The van der Waals surface area contributed by atoms with Crippen LogP contribution in [0.15, 0.2) is 12.1 Å². The molecule has 0 bridgehead atoms. The SMILES string of the molecule is N#C[C@H](C[C@@H]1CCNC1=O)NC(=O)[C@H](CC1CC1)NC(=O)c1nc2c(Cl)cc(Cl)cc2[nH]1. The minimum Gasteiger partial charge on any atom is -0.356 e. The molecule has 11 heteroatoms. The van der Waals surface area contributed by atoms with Crippen molar-refractivity contribution in [2.45, 2.75) is 44.2 Å². The zero-order chi connectivity index (χ0) is 22.8. The van der Waals surface area contributed by atoms with Crippen molar-refractivity contribution in [3.8, 4) is 6.07 Å². The Labute approximate surface area is 194 Å². The van der Waals surface area contributed by atoms with Crippen LogP contribution in [0.25, 0.3) is 11.0 Å². The average Bonchev–Trinajstić information content (AvgIpc) is 3.31. The molecule has 2 aliphatic rings. The largest absolute Gasteiger partial charge is 0.356 e. The molecule has 2 heterocycles. The van der Waals surface area contributed by atoms with Gasteiger partial charge in [-0.3, -0.25) is 14.4 Å². The van der Waals surface area contributed by atoms with Gasteiger partial charge < -0.3 is 20.9 Å². The summed E-state index contributed by atoms with van der Waals surface area (Å²) in [5.74, 6) is -1.06. The Bertz CT molecular complexity index is 1110. The van der Waals surface area contributed by atoms with E-state index in [9.17, 15) is 19.6 Å². The van der Waals surface area contributed by atoms with Crippen molar-refractivity contribution in [3.05, 3.63) is 28.0 Å². The molecule has 32 heavy (non-hydrogen) atoms. The van der Waals surface area contributed by atoms with E-state index in [-0.39, 0.29) is 24.1 Å². The van der Waals surface area contributed by atoms with Gasteiger partial charge in [0.05, 0.1) is 16.6 Å². The molecule has 3 amide bonds. The second kappa shape index (κ2) is 9.35. The first-order valence-corrected chi connectivity index (χ1v) is 11.2. The lowest BCUT2D eigenvalue weighted by Gasteiger charge is -2.21. The van der Waals surface area contributed by atoms with Crippen LogP contribution in [0.5, 0.6) is 0 Å². The first-order chi connectivity index (χ1) is 15.3. The van der Waals surface area contributed by atoms with Crippen LogP contribution in [0.4, 0.5) is 0 Å². The third-order valence-corrected chi connectivity index (χ3v) is 6.27. The number of halogens is 2. The smallest absolute Gasteiger partial charge is 0.287 e. The van der Waals surface area contributed by atoms with Gasteiger partial charge in [-0.05, 0) is 37.3 Å². The number of fused-ring (bicyclic) bond motifs is 1. The summed E-state index contributed by atoms with van der Waals surface area (Å²) in [4.78, 5) is 44.7. The number of carbonyl (C=O) groups excluding carboxylic acids is 3. The van der Waals surface area contributed by atoms with Gasteiger partial charge in [0.1, 0.15) is 17.6 Å². The fourth-order valence-electron chi connectivity index (χ4n) is 3.87.